The van der Waals surface area contributed by atoms with E-state index in [1.54, 1.807) is 0 Å². The quantitative estimate of drug-likeness (QED) is 0.250. The van der Waals surface area contributed by atoms with Crippen LogP contribution in [-0.4, -0.2) is 43.6 Å². The Kier molecular flexibility index (Phi) is 5.43. The summed E-state index contributed by atoms with van der Waals surface area (Å²) in [6.45, 7) is -0.436. The molecule has 0 bridgehead atoms. The number of carbonyl (C=O) groups excluding carboxylic acids is 3. The molecule has 0 spiro atoms. The number of hydroxylamine groups is 2. The number of nitrogens with zero attached hydrogens (tertiary/aromatic N) is 2. The lowest BCUT2D eigenvalue weighted by Crippen LogP contribution is -2.38. The van der Waals surface area contributed by atoms with E-state index in [9.17, 15) is 14.4 Å². The van der Waals surface area contributed by atoms with Crippen molar-refractivity contribution in [3.8, 4) is 6.19 Å². The summed E-state index contributed by atoms with van der Waals surface area (Å²) < 4.78 is 4.42. The predicted octanol–water partition coefficient (Wildman–Crippen LogP) is -1.85. The minimum Gasteiger partial charge on any atom is -0.375 e. The van der Waals surface area contributed by atoms with Gasteiger partial charge in [-0.1, -0.05) is 5.06 Å². The van der Waals surface area contributed by atoms with E-state index in [1.807, 2.05) is 5.32 Å². The maximum Gasteiger partial charge on any atom is 0.422 e. The van der Waals surface area contributed by atoms with Crippen LogP contribution in [0.1, 0.15) is 0 Å². The molecule has 0 aromatic rings. The largest absolute Gasteiger partial charge is 0.422 e. The summed E-state index contributed by atoms with van der Waals surface area (Å²) >= 11 is 0. The number of carbonyl (C=O) groups is 3. The van der Waals surface area contributed by atoms with Crippen LogP contribution >= 0.6 is 0 Å². The lowest BCUT2D eigenvalue weighted by molar-refractivity contribution is -0.188. The molecule has 0 unspecified atom stereocenters. The summed E-state index contributed by atoms with van der Waals surface area (Å²) in [5.41, 5.74) is 0. The second-order valence-electron chi connectivity index (χ2n) is 2.18. The van der Waals surface area contributed by atoms with E-state index in [-0.39, 0.29) is 5.06 Å². The monoisotopic (exact) mass is 215 g/mol. The van der Waals surface area contributed by atoms with Gasteiger partial charge in [-0.2, -0.15) is 5.26 Å². The van der Waals surface area contributed by atoms with Crippen molar-refractivity contribution in [3.63, 3.8) is 0 Å². The highest BCUT2D eigenvalue weighted by molar-refractivity contribution is 6.32. The zero-order valence-electron chi connectivity index (χ0n) is 8.14. The van der Waals surface area contributed by atoms with Gasteiger partial charge in [0.15, 0.2) is 0 Å². The van der Waals surface area contributed by atoms with Gasteiger partial charge < -0.3 is 14.9 Å². The van der Waals surface area contributed by atoms with Gasteiger partial charge in [0, 0.05) is 14.2 Å². The molecule has 0 radical (unpaired) electrons. The first-order chi connectivity index (χ1) is 7.06. The van der Waals surface area contributed by atoms with Gasteiger partial charge in [0.1, 0.15) is 6.61 Å². The summed E-state index contributed by atoms with van der Waals surface area (Å²) in [5, 5.41) is 10.5. The van der Waals surface area contributed by atoms with Crippen LogP contribution in [0.5, 0.6) is 0 Å². The summed E-state index contributed by atoms with van der Waals surface area (Å²) in [6, 6.07) is 0. The summed E-state index contributed by atoms with van der Waals surface area (Å²) in [6.07, 6.45) is 1.28. The highest BCUT2D eigenvalue weighted by atomic mass is 16.7. The second kappa shape index (κ2) is 6.33. The van der Waals surface area contributed by atoms with Crippen molar-refractivity contribution in [2.24, 2.45) is 0 Å². The van der Waals surface area contributed by atoms with Gasteiger partial charge in [0.05, 0.1) is 0 Å². The van der Waals surface area contributed by atoms with E-state index >= 15 is 0 Å². The summed E-state index contributed by atoms with van der Waals surface area (Å²) in [4.78, 5) is 36.7. The van der Waals surface area contributed by atoms with Gasteiger partial charge >= 0.3 is 11.9 Å². The first kappa shape index (κ1) is 12.9. The van der Waals surface area contributed by atoms with Gasteiger partial charge in [-0.3, -0.25) is 9.59 Å². The Morgan fingerprint density at radius 1 is 1.47 bits per heavy atom. The normalized spacial score (nSPS) is 8.60. The van der Waals surface area contributed by atoms with Gasteiger partial charge in [0.25, 0.3) is 5.91 Å². The number of hydrogen-bond donors (Lipinski definition) is 1. The first-order valence-electron chi connectivity index (χ1n) is 3.72. The Balaban J connectivity index is 4.35. The van der Waals surface area contributed by atoms with Gasteiger partial charge in [-0.05, 0) is 0 Å². The standard InChI is InChI=1S/C7H9N3O5/c1-9-6(12)7(13)15-10(4-8)5(11)3-14-2/h3H2,1-2H3,(H,9,12). The minimum atomic E-state index is -1.36. The first-order valence-corrected chi connectivity index (χ1v) is 3.72. The average molecular weight is 215 g/mol. The van der Waals surface area contributed by atoms with Crippen molar-refractivity contribution >= 4 is 17.8 Å². The molecule has 0 aromatic carbocycles. The highest BCUT2D eigenvalue weighted by Crippen LogP contribution is 1.91. The molecule has 0 aliphatic carbocycles. The topological polar surface area (TPSA) is 109 Å². The molecule has 82 valence electrons. The second-order valence-corrected chi connectivity index (χ2v) is 2.18. The highest BCUT2D eigenvalue weighted by Gasteiger charge is 2.22. The third kappa shape index (κ3) is 4.06. The van der Waals surface area contributed by atoms with Crippen molar-refractivity contribution in [2.45, 2.75) is 0 Å². The van der Waals surface area contributed by atoms with Crippen LogP contribution in [0, 0.1) is 11.5 Å². The van der Waals surface area contributed by atoms with Crippen LogP contribution in [0.25, 0.3) is 0 Å². The molecule has 15 heavy (non-hydrogen) atoms. The van der Waals surface area contributed by atoms with E-state index in [2.05, 4.69) is 9.57 Å². The van der Waals surface area contributed by atoms with Crippen LogP contribution in [0.15, 0.2) is 0 Å². The fourth-order valence-corrected chi connectivity index (χ4v) is 0.536. The minimum absolute atomic E-state index is 0.0705. The third-order valence-electron chi connectivity index (χ3n) is 1.17. The van der Waals surface area contributed by atoms with Gasteiger partial charge in [0.2, 0.25) is 6.19 Å². The zero-order valence-corrected chi connectivity index (χ0v) is 8.14. The molecule has 0 aliphatic heterocycles. The molecule has 1 N–H and O–H groups in total. The molecule has 2 amide bonds. The molecule has 0 saturated heterocycles. The molecular weight excluding hydrogens is 206 g/mol. The SMILES string of the molecule is CNC(=O)C(=O)ON(C#N)C(=O)COC. The summed E-state index contributed by atoms with van der Waals surface area (Å²) in [5.74, 6) is -3.32. The van der Waals surface area contributed by atoms with E-state index < -0.39 is 24.4 Å². The van der Waals surface area contributed by atoms with Gasteiger partial charge in [-0.25, -0.2) is 4.79 Å². The van der Waals surface area contributed by atoms with Crippen molar-refractivity contribution in [1.29, 1.82) is 5.26 Å². The number of nitrogens with one attached hydrogen (secondary N) is 1. The number of amides is 2. The number of likely N-dealkylation sites (N-methyl/N-ethyl adjacent to an activating group) is 1. The molecule has 8 heteroatoms. The molecule has 0 fully saturated rings. The van der Waals surface area contributed by atoms with Crippen molar-refractivity contribution in [3.05, 3.63) is 0 Å². The maximum absolute atomic E-state index is 11.0. The van der Waals surface area contributed by atoms with E-state index in [1.165, 1.54) is 20.4 Å². The van der Waals surface area contributed by atoms with Crippen molar-refractivity contribution in [2.75, 3.05) is 20.8 Å². The van der Waals surface area contributed by atoms with Crippen LogP contribution in [-0.2, 0) is 24.0 Å². The van der Waals surface area contributed by atoms with Crippen LogP contribution < -0.4 is 5.32 Å². The van der Waals surface area contributed by atoms with Crippen LogP contribution in [0.3, 0.4) is 0 Å². The number of nitriles is 1. The molecule has 0 aromatic heterocycles. The molecule has 0 rings (SSSR count). The third-order valence-corrected chi connectivity index (χ3v) is 1.17. The number of rotatable bonds is 2. The summed E-state index contributed by atoms with van der Waals surface area (Å²) in [7, 11) is 2.44. The van der Waals surface area contributed by atoms with E-state index in [4.69, 9.17) is 5.26 Å². The van der Waals surface area contributed by atoms with E-state index in [0.717, 1.165) is 0 Å². The number of ether oxygens (including phenoxy) is 1. The molecule has 0 heterocycles. The lowest BCUT2D eigenvalue weighted by Gasteiger charge is -2.10. The van der Waals surface area contributed by atoms with Gasteiger partial charge in [-0.15, -0.1) is 0 Å². The Morgan fingerprint density at radius 2 is 2.07 bits per heavy atom. The fourth-order valence-electron chi connectivity index (χ4n) is 0.536. The molecule has 0 aliphatic rings. The Morgan fingerprint density at radius 3 is 2.47 bits per heavy atom. The number of methoxy groups -OCH3 is 1. The zero-order chi connectivity index (χ0) is 11.8. The molecule has 0 saturated carbocycles. The fraction of sp³-hybridized carbons (Fsp3) is 0.429. The van der Waals surface area contributed by atoms with Crippen LogP contribution in [0.2, 0.25) is 0 Å². The number of hydrogen-bond acceptors (Lipinski definition) is 6. The maximum atomic E-state index is 11.0. The van der Waals surface area contributed by atoms with Crippen LogP contribution in [0.4, 0.5) is 0 Å². The van der Waals surface area contributed by atoms with Crippen molar-refractivity contribution in [1.82, 2.24) is 10.4 Å². The molecule has 0 atom stereocenters. The Labute approximate surface area is 85.3 Å². The molecular formula is C7H9N3O5. The van der Waals surface area contributed by atoms with E-state index in [0.29, 0.717) is 0 Å². The van der Waals surface area contributed by atoms with Crippen molar-refractivity contribution < 1.29 is 24.0 Å². The average Bonchev–Trinajstić information content (AvgIpc) is 2.24. The predicted molar refractivity (Wildman–Crippen MR) is 44.5 cm³/mol. The Hall–Kier alpha value is -2.14. The molecule has 8 nitrogen and oxygen atoms in total. The smallest absolute Gasteiger partial charge is 0.375 e. The Bertz CT molecular complexity index is 308. The lowest BCUT2D eigenvalue weighted by atomic mass is 10.6.